The lowest BCUT2D eigenvalue weighted by Gasteiger charge is -2.47. The molecule has 2 aliphatic heterocycles. The first-order chi connectivity index (χ1) is 10.2. The lowest BCUT2D eigenvalue weighted by molar-refractivity contribution is 0.0167. The molecule has 116 valence electrons. The number of piperidine rings is 1. The highest BCUT2D eigenvalue weighted by molar-refractivity contribution is 7.14. The number of fused-ring (bicyclic) bond motifs is 1. The molecule has 2 saturated heterocycles. The fourth-order valence-electron chi connectivity index (χ4n) is 3.61. The number of piperazine rings is 1. The minimum Gasteiger partial charge on any atom is -0.298 e. The van der Waals surface area contributed by atoms with Crippen molar-refractivity contribution >= 4 is 17.1 Å². The Morgan fingerprint density at radius 1 is 1.33 bits per heavy atom. The van der Waals surface area contributed by atoms with E-state index in [-0.39, 0.29) is 0 Å². The first kappa shape index (κ1) is 15.2. The van der Waals surface area contributed by atoms with Crippen molar-refractivity contribution in [2.75, 3.05) is 26.2 Å². The SMILES string of the molecule is CCc1ccc(C(=O)CN2CC3CCCCN3CC2C)s1. The zero-order chi connectivity index (χ0) is 14.8. The van der Waals surface area contributed by atoms with E-state index < -0.39 is 0 Å². The van der Waals surface area contributed by atoms with Crippen molar-refractivity contribution in [2.45, 2.75) is 51.6 Å². The summed E-state index contributed by atoms with van der Waals surface area (Å²) in [5, 5.41) is 0. The van der Waals surface area contributed by atoms with Crippen LogP contribution in [0.5, 0.6) is 0 Å². The summed E-state index contributed by atoms with van der Waals surface area (Å²) in [4.78, 5) is 19.8. The molecular formula is C17H26N2OS. The van der Waals surface area contributed by atoms with Crippen molar-refractivity contribution in [3.8, 4) is 0 Å². The van der Waals surface area contributed by atoms with Gasteiger partial charge in [-0.1, -0.05) is 13.3 Å². The van der Waals surface area contributed by atoms with E-state index in [1.807, 2.05) is 6.07 Å². The Morgan fingerprint density at radius 2 is 2.19 bits per heavy atom. The summed E-state index contributed by atoms with van der Waals surface area (Å²) in [5.41, 5.74) is 0. The van der Waals surface area contributed by atoms with Gasteiger partial charge in [0.2, 0.25) is 0 Å². The third-order valence-electron chi connectivity index (χ3n) is 4.95. The predicted molar refractivity (Wildman–Crippen MR) is 88.3 cm³/mol. The molecule has 0 aromatic carbocycles. The second-order valence-electron chi connectivity index (χ2n) is 6.47. The molecule has 2 fully saturated rings. The lowest BCUT2D eigenvalue weighted by Crippen LogP contribution is -2.59. The van der Waals surface area contributed by atoms with Crippen LogP contribution in [0.3, 0.4) is 0 Å². The Bertz CT molecular complexity index is 499. The normalized spacial score (nSPS) is 27.5. The van der Waals surface area contributed by atoms with Gasteiger partial charge in [0.05, 0.1) is 11.4 Å². The van der Waals surface area contributed by atoms with Crippen molar-refractivity contribution in [3.05, 3.63) is 21.9 Å². The second-order valence-corrected chi connectivity index (χ2v) is 7.63. The van der Waals surface area contributed by atoms with Gasteiger partial charge in [0.1, 0.15) is 0 Å². The largest absolute Gasteiger partial charge is 0.298 e. The van der Waals surface area contributed by atoms with E-state index in [0.717, 1.165) is 24.4 Å². The van der Waals surface area contributed by atoms with Crippen LogP contribution in [0.2, 0.25) is 0 Å². The topological polar surface area (TPSA) is 23.6 Å². The Kier molecular flexibility index (Phi) is 4.77. The molecule has 2 aliphatic rings. The summed E-state index contributed by atoms with van der Waals surface area (Å²) in [7, 11) is 0. The Balaban J connectivity index is 1.62. The number of aryl methyl sites for hydroxylation is 1. The quantitative estimate of drug-likeness (QED) is 0.799. The maximum absolute atomic E-state index is 12.5. The fourth-order valence-corrected chi connectivity index (χ4v) is 4.49. The van der Waals surface area contributed by atoms with Gasteiger partial charge in [-0.15, -0.1) is 11.3 Å². The van der Waals surface area contributed by atoms with Crippen LogP contribution < -0.4 is 0 Å². The van der Waals surface area contributed by atoms with Crippen molar-refractivity contribution in [1.82, 2.24) is 9.80 Å². The van der Waals surface area contributed by atoms with Gasteiger partial charge < -0.3 is 0 Å². The summed E-state index contributed by atoms with van der Waals surface area (Å²) in [6, 6.07) is 5.28. The van der Waals surface area contributed by atoms with Crippen LogP contribution in [0, 0.1) is 0 Å². The van der Waals surface area contributed by atoms with Crippen LogP contribution in [-0.2, 0) is 6.42 Å². The molecule has 0 saturated carbocycles. The van der Waals surface area contributed by atoms with E-state index in [2.05, 4.69) is 29.7 Å². The third-order valence-corrected chi connectivity index (χ3v) is 6.22. The highest BCUT2D eigenvalue weighted by Crippen LogP contribution is 2.25. The van der Waals surface area contributed by atoms with Gasteiger partial charge in [0, 0.05) is 30.1 Å². The van der Waals surface area contributed by atoms with Crippen LogP contribution in [0.4, 0.5) is 0 Å². The molecule has 1 aromatic rings. The third kappa shape index (κ3) is 3.38. The van der Waals surface area contributed by atoms with Gasteiger partial charge in [-0.05, 0) is 44.9 Å². The number of carbonyl (C=O) groups is 1. The standard InChI is InChI=1S/C17H26N2OS/c1-3-15-7-8-17(21-15)16(20)12-19-11-14-6-4-5-9-18(14)10-13(19)2/h7-8,13-14H,3-6,9-12H2,1-2H3. The van der Waals surface area contributed by atoms with Crippen LogP contribution >= 0.6 is 11.3 Å². The predicted octanol–water partition coefficient (Wildman–Crippen LogP) is 3.05. The number of thiophene rings is 1. The highest BCUT2D eigenvalue weighted by Gasteiger charge is 2.33. The smallest absolute Gasteiger partial charge is 0.186 e. The van der Waals surface area contributed by atoms with E-state index in [1.165, 1.54) is 30.7 Å². The van der Waals surface area contributed by atoms with Crippen molar-refractivity contribution in [3.63, 3.8) is 0 Å². The molecule has 0 N–H and O–H groups in total. The Hall–Kier alpha value is -0.710. The minimum atomic E-state index is 0.302. The summed E-state index contributed by atoms with van der Waals surface area (Å²) in [6.07, 6.45) is 5.02. The van der Waals surface area contributed by atoms with Gasteiger partial charge in [-0.3, -0.25) is 14.6 Å². The Labute approximate surface area is 131 Å². The maximum atomic E-state index is 12.5. The first-order valence-electron chi connectivity index (χ1n) is 8.27. The number of carbonyl (C=O) groups excluding carboxylic acids is 1. The molecule has 0 amide bonds. The van der Waals surface area contributed by atoms with Crippen LogP contribution in [-0.4, -0.2) is 53.8 Å². The molecule has 21 heavy (non-hydrogen) atoms. The minimum absolute atomic E-state index is 0.302. The monoisotopic (exact) mass is 306 g/mol. The molecule has 2 unspecified atom stereocenters. The van der Waals surface area contributed by atoms with Gasteiger partial charge in [0.25, 0.3) is 0 Å². The van der Waals surface area contributed by atoms with E-state index >= 15 is 0 Å². The number of rotatable bonds is 4. The van der Waals surface area contributed by atoms with E-state index in [1.54, 1.807) is 11.3 Å². The number of hydrogen-bond acceptors (Lipinski definition) is 4. The summed E-state index contributed by atoms with van der Waals surface area (Å²) < 4.78 is 0. The van der Waals surface area contributed by atoms with Gasteiger partial charge >= 0.3 is 0 Å². The molecule has 1 aromatic heterocycles. The summed E-state index contributed by atoms with van der Waals surface area (Å²) in [5.74, 6) is 0.302. The van der Waals surface area contributed by atoms with Crippen molar-refractivity contribution < 1.29 is 4.79 Å². The van der Waals surface area contributed by atoms with Crippen molar-refractivity contribution in [2.24, 2.45) is 0 Å². The molecule has 3 heterocycles. The molecule has 3 nitrogen and oxygen atoms in total. The Morgan fingerprint density at radius 3 is 2.95 bits per heavy atom. The zero-order valence-electron chi connectivity index (χ0n) is 13.2. The van der Waals surface area contributed by atoms with Crippen LogP contribution in [0.15, 0.2) is 12.1 Å². The molecule has 0 bridgehead atoms. The molecule has 0 aliphatic carbocycles. The lowest BCUT2D eigenvalue weighted by atomic mass is 9.97. The average Bonchev–Trinajstić information content (AvgIpc) is 2.97. The maximum Gasteiger partial charge on any atom is 0.186 e. The van der Waals surface area contributed by atoms with Gasteiger partial charge in [-0.25, -0.2) is 0 Å². The van der Waals surface area contributed by atoms with E-state index in [9.17, 15) is 4.79 Å². The molecule has 0 radical (unpaired) electrons. The van der Waals surface area contributed by atoms with Gasteiger partial charge in [-0.2, -0.15) is 0 Å². The number of hydrogen-bond donors (Lipinski definition) is 0. The zero-order valence-corrected chi connectivity index (χ0v) is 14.0. The molecule has 4 heteroatoms. The van der Waals surface area contributed by atoms with Gasteiger partial charge in [0.15, 0.2) is 5.78 Å². The number of nitrogens with zero attached hydrogens (tertiary/aromatic N) is 2. The highest BCUT2D eigenvalue weighted by atomic mass is 32.1. The van der Waals surface area contributed by atoms with Crippen LogP contribution in [0.1, 0.15) is 47.7 Å². The van der Waals surface area contributed by atoms with Crippen molar-refractivity contribution in [1.29, 1.82) is 0 Å². The summed E-state index contributed by atoms with van der Waals surface area (Å²) in [6.45, 7) is 8.45. The molecular weight excluding hydrogens is 280 g/mol. The molecule has 3 rings (SSSR count). The first-order valence-corrected chi connectivity index (χ1v) is 9.09. The summed E-state index contributed by atoms with van der Waals surface area (Å²) >= 11 is 1.67. The molecule has 2 atom stereocenters. The molecule has 0 spiro atoms. The second kappa shape index (κ2) is 6.59. The van der Waals surface area contributed by atoms with E-state index in [4.69, 9.17) is 0 Å². The van der Waals surface area contributed by atoms with Crippen LogP contribution in [0.25, 0.3) is 0 Å². The number of Topliss-reactive ketones (excluding diaryl/α,β-unsaturated/α-hetero) is 1. The number of ketones is 1. The average molecular weight is 306 g/mol. The fraction of sp³-hybridized carbons (Fsp3) is 0.706. The van der Waals surface area contributed by atoms with E-state index in [0.29, 0.717) is 24.4 Å².